The van der Waals surface area contributed by atoms with Gasteiger partial charge in [-0.05, 0) is 44.3 Å². The Labute approximate surface area is 141 Å². The van der Waals surface area contributed by atoms with E-state index in [-0.39, 0.29) is 0 Å². The molecule has 2 aromatic carbocycles. The van der Waals surface area contributed by atoms with E-state index in [0.29, 0.717) is 11.1 Å². The third-order valence-corrected chi connectivity index (χ3v) is 3.96. The van der Waals surface area contributed by atoms with Crippen molar-refractivity contribution >= 4 is 10.8 Å². The third-order valence-electron chi connectivity index (χ3n) is 3.96. The first-order chi connectivity index (χ1) is 11.5. The van der Waals surface area contributed by atoms with Gasteiger partial charge in [-0.15, -0.1) is 0 Å². The normalized spacial score (nSPS) is 12.7. The summed E-state index contributed by atoms with van der Waals surface area (Å²) in [5.74, 6) is 0.306. The van der Waals surface area contributed by atoms with E-state index in [4.69, 9.17) is 4.42 Å². The lowest BCUT2D eigenvalue weighted by molar-refractivity contribution is 0.166. The first-order valence-corrected chi connectivity index (χ1v) is 7.95. The number of fused-ring (bicyclic) bond motifs is 1. The summed E-state index contributed by atoms with van der Waals surface area (Å²) in [7, 11) is 4.04. The number of hydrogen-bond acceptors (Lipinski definition) is 4. The second-order valence-corrected chi connectivity index (χ2v) is 6.29. The minimum Gasteiger partial charge on any atom is -0.424 e. The minimum atomic E-state index is -0.866. The molecule has 0 aliphatic carbocycles. The monoisotopic (exact) mass is 323 g/mol. The van der Waals surface area contributed by atoms with E-state index in [2.05, 4.69) is 17.0 Å². The fourth-order valence-corrected chi connectivity index (χ4v) is 3.00. The lowest BCUT2D eigenvalue weighted by atomic mass is 9.95. The molecule has 4 nitrogen and oxygen atoms in total. The lowest BCUT2D eigenvalue weighted by Gasteiger charge is -2.15. The number of rotatable bonds is 4. The Morgan fingerprint density at radius 3 is 2.46 bits per heavy atom. The van der Waals surface area contributed by atoms with Crippen molar-refractivity contribution < 1.29 is 9.52 Å². The molecular weight excluding hydrogens is 302 g/mol. The molecule has 1 atom stereocenters. The average molecular weight is 323 g/mol. The van der Waals surface area contributed by atoms with Gasteiger partial charge in [-0.1, -0.05) is 36.4 Å². The van der Waals surface area contributed by atoms with Crippen LogP contribution in [0.5, 0.6) is 0 Å². The Balaban J connectivity index is 2.30. The SMILES string of the molecule is CC(O)c1oc(=O)c2ccccc2c1-c1cccc(CN(C)C)c1. The molecule has 1 aromatic heterocycles. The van der Waals surface area contributed by atoms with Crippen molar-refractivity contribution in [2.75, 3.05) is 14.1 Å². The van der Waals surface area contributed by atoms with Crippen molar-refractivity contribution in [2.45, 2.75) is 19.6 Å². The Kier molecular flexibility index (Phi) is 4.51. The highest BCUT2D eigenvalue weighted by Crippen LogP contribution is 2.34. The second kappa shape index (κ2) is 6.59. The van der Waals surface area contributed by atoms with Gasteiger partial charge in [0, 0.05) is 17.5 Å². The first kappa shape index (κ1) is 16.4. The van der Waals surface area contributed by atoms with Gasteiger partial charge in [0.2, 0.25) is 0 Å². The maximum Gasteiger partial charge on any atom is 0.343 e. The second-order valence-electron chi connectivity index (χ2n) is 6.29. The van der Waals surface area contributed by atoms with Crippen LogP contribution in [-0.4, -0.2) is 24.1 Å². The molecule has 0 bridgehead atoms. The molecule has 0 saturated heterocycles. The molecule has 0 fully saturated rings. The number of hydrogen-bond donors (Lipinski definition) is 1. The van der Waals surface area contributed by atoms with Gasteiger partial charge in [0.25, 0.3) is 0 Å². The zero-order valence-electron chi connectivity index (χ0n) is 14.1. The highest BCUT2D eigenvalue weighted by atomic mass is 16.4. The topological polar surface area (TPSA) is 53.7 Å². The third kappa shape index (κ3) is 3.11. The molecular formula is C20H21NO3. The summed E-state index contributed by atoms with van der Waals surface area (Å²) in [4.78, 5) is 14.3. The van der Waals surface area contributed by atoms with Crippen LogP contribution in [0.2, 0.25) is 0 Å². The zero-order chi connectivity index (χ0) is 17.3. The summed E-state index contributed by atoms with van der Waals surface area (Å²) in [6, 6.07) is 15.5. The van der Waals surface area contributed by atoms with Crippen molar-refractivity contribution in [3.63, 3.8) is 0 Å². The van der Waals surface area contributed by atoms with Crippen LogP contribution in [0.3, 0.4) is 0 Å². The van der Waals surface area contributed by atoms with Crippen LogP contribution < -0.4 is 5.63 Å². The molecule has 3 aromatic rings. The Morgan fingerprint density at radius 1 is 1.08 bits per heavy atom. The Bertz CT molecular complexity index is 926. The van der Waals surface area contributed by atoms with E-state index < -0.39 is 11.7 Å². The number of nitrogens with zero attached hydrogens (tertiary/aromatic N) is 1. The van der Waals surface area contributed by atoms with E-state index in [0.717, 1.165) is 28.6 Å². The van der Waals surface area contributed by atoms with Crippen LogP contribution in [0.15, 0.2) is 57.7 Å². The van der Waals surface area contributed by atoms with Crippen molar-refractivity contribution in [1.29, 1.82) is 0 Å². The maximum atomic E-state index is 12.2. The predicted octanol–water partition coefficient (Wildman–Crippen LogP) is 3.57. The van der Waals surface area contributed by atoms with Crippen LogP contribution in [0.1, 0.15) is 24.4 Å². The quantitative estimate of drug-likeness (QED) is 0.797. The van der Waals surface area contributed by atoms with Crippen LogP contribution in [-0.2, 0) is 6.54 Å². The van der Waals surface area contributed by atoms with Crippen LogP contribution in [0, 0.1) is 0 Å². The average Bonchev–Trinajstić information content (AvgIpc) is 2.54. The smallest absolute Gasteiger partial charge is 0.343 e. The number of aliphatic hydroxyl groups is 1. The standard InChI is InChI=1S/C20H21NO3/c1-13(22)19-18(15-8-6-7-14(11-15)12-21(2)3)16-9-4-5-10-17(16)20(23)24-19/h4-11,13,22H,12H2,1-3H3. The van der Waals surface area contributed by atoms with Gasteiger partial charge in [-0.2, -0.15) is 0 Å². The van der Waals surface area contributed by atoms with Gasteiger partial charge in [-0.3, -0.25) is 0 Å². The molecule has 1 N–H and O–H groups in total. The summed E-state index contributed by atoms with van der Waals surface area (Å²) >= 11 is 0. The summed E-state index contributed by atoms with van der Waals surface area (Å²) in [6.07, 6.45) is -0.866. The lowest BCUT2D eigenvalue weighted by Crippen LogP contribution is -2.11. The molecule has 0 spiro atoms. The van der Waals surface area contributed by atoms with Gasteiger partial charge in [-0.25, -0.2) is 4.79 Å². The summed E-state index contributed by atoms with van der Waals surface area (Å²) < 4.78 is 5.44. The molecule has 0 aliphatic rings. The molecule has 4 heteroatoms. The molecule has 24 heavy (non-hydrogen) atoms. The molecule has 0 radical (unpaired) electrons. The summed E-state index contributed by atoms with van der Waals surface area (Å²) in [6.45, 7) is 2.42. The van der Waals surface area contributed by atoms with Crippen molar-refractivity contribution in [3.05, 3.63) is 70.3 Å². The van der Waals surface area contributed by atoms with E-state index in [1.807, 2.05) is 44.4 Å². The molecule has 124 valence electrons. The summed E-state index contributed by atoms with van der Waals surface area (Å²) in [5.41, 5.74) is 2.45. The molecule has 3 rings (SSSR count). The minimum absolute atomic E-state index is 0.306. The van der Waals surface area contributed by atoms with Gasteiger partial charge < -0.3 is 14.4 Å². The van der Waals surface area contributed by atoms with E-state index in [1.165, 1.54) is 0 Å². The van der Waals surface area contributed by atoms with Gasteiger partial charge in [0.05, 0.1) is 5.39 Å². The van der Waals surface area contributed by atoms with Crippen molar-refractivity contribution in [1.82, 2.24) is 4.90 Å². The fraction of sp³-hybridized carbons (Fsp3) is 0.250. The number of benzene rings is 2. The van der Waals surface area contributed by atoms with Crippen LogP contribution >= 0.6 is 0 Å². The summed E-state index contributed by atoms with van der Waals surface area (Å²) in [5, 5.41) is 11.4. The highest BCUT2D eigenvalue weighted by Gasteiger charge is 2.19. The highest BCUT2D eigenvalue weighted by molar-refractivity contribution is 5.96. The van der Waals surface area contributed by atoms with Crippen molar-refractivity contribution in [3.8, 4) is 11.1 Å². The molecule has 0 amide bonds. The van der Waals surface area contributed by atoms with Gasteiger partial charge in [0.15, 0.2) is 0 Å². The molecule has 1 unspecified atom stereocenters. The molecule has 0 saturated carbocycles. The maximum absolute atomic E-state index is 12.2. The molecule has 0 aliphatic heterocycles. The van der Waals surface area contributed by atoms with Crippen LogP contribution in [0.4, 0.5) is 0 Å². The van der Waals surface area contributed by atoms with E-state index >= 15 is 0 Å². The fourth-order valence-electron chi connectivity index (χ4n) is 3.00. The van der Waals surface area contributed by atoms with Crippen LogP contribution in [0.25, 0.3) is 21.9 Å². The zero-order valence-corrected chi connectivity index (χ0v) is 14.1. The number of aliphatic hydroxyl groups excluding tert-OH is 1. The van der Waals surface area contributed by atoms with Crippen molar-refractivity contribution in [2.24, 2.45) is 0 Å². The Morgan fingerprint density at radius 2 is 1.79 bits per heavy atom. The van der Waals surface area contributed by atoms with E-state index in [9.17, 15) is 9.90 Å². The van der Waals surface area contributed by atoms with Gasteiger partial charge in [0.1, 0.15) is 11.9 Å². The molecule has 1 heterocycles. The Hall–Kier alpha value is -2.43. The predicted molar refractivity (Wildman–Crippen MR) is 95.9 cm³/mol. The van der Waals surface area contributed by atoms with E-state index in [1.54, 1.807) is 13.0 Å². The largest absolute Gasteiger partial charge is 0.424 e. The first-order valence-electron chi connectivity index (χ1n) is 7.95. The van der Waals surface area contributed by atoms with Gasteiger partial charge >= 0.3 is 5.63 Å².